The van der Waals surface area contributed by atoms with Crippen LogP contribution in [-0.4, -0.2) is 20.1 Å². The van der Waals surface area contributed by atoms with Gasteiger partial charge in [0.25, 0.3) is 0 Å². The van der Waals surface area contributed by atoms with E-state index in [0.717, 1.165) is 10.8 Å². The van der Waals surface area contributed by atoms with E-state index in [9.17, 15) is 0 Å². The molecule has 0 aliphatic heterocycles. The third-order valence-electron chi connectivity index (χ3n) is 4.45. The lowest BCUT2D eigenvalue weighted by Crippen LogP contribution is -2.04. The maximum atomic E-state index is 2.48. The summed E-state index contributed by atoms with van der Waals surface area (Å²) in [7, 11) is 4.28. The molecular formula is C22H21B2I. The third kappa shape index (κ3) is 4.46. The van der Waals surface area contributed by atoms with Crippen molar-refractivity contribution in [1.82, 2.24) is 0 Å². The molecule has 0 fully saturated rings. The molecular weight excluding hydrogens is 413 g/mol. The van der Waals surface area contributed by atoms with E-state index in [1.54, 1.807) is 0 Å². The van der Waals surface area contributed by atoms with Crippen LogP contribution >= 0.6 is 22.6 Å². The Bertz CT molecular complexity index is 803. The zero-order valence-corrected chi connectivity index (χ0v) is 17.0. The minimum Gasteiger partial charge on any atom is -0.0889 e. The van der Waals surface area contributed by atoms with E-state index >= 15 is 0 Å². The molecule has 0 aliphatic rings. The summed E-state index contributed by atoms with van der Waals surface area (Å²) < 4.78 is 1.10. The highest BCUT2D eigenvalue weighted by atomic mass is 127. The lowest BCUT2D eigenvalue weighted by atomic mass is 9.85. The molecule has 0 spiro atoms. The number of allylic oxidation sites excluding steroid dienone is 1. The Morgan fingerprint density at radius 1 is 0.640 bits per heavy atom. The number of hydrogen-bond acceptors (Lipinski definition) is 0. The lowest BCUT2D eigenvalue weighted by molar-refractivity contribution is 1.28. The van der Waals surface area contributed by atoms with E-state index in [-0.39, 0.29) is 0 Å². The summed E-state index contributed by atoms with van der Waals surface area (Å²) in [4.78, 5) is 0. The summed E-state index contributed by atoms with van der Waals surface area (Å²) in [6.45, 7) is 0. The standard InChI is InChI=1S/C22H21B2I/c23-19-10-6-17(7-11-19)22(18-8-12-20(24)13-9-18)21(14-15-25)16-4-2-1-3-5-16/h1-13H,14-15,23-24H2. The Kier molecular flexibility index (Phi) is 6.19. The Balaban J connectivity index is 2.26. The molecule has 0 atom stereocenters. The van der Waals surface area contributed by atoms with Crippen LogP contribution in [0.3, 0.4) is 0 Å². The molecule has 122 valence electrons. The molecule has 0 heterocycles. The summed E-state index contributed by atoms with van der Waals surface area (Å²) >= 11 is 2.48. The minimum atomic E-state index is 1.06. The molecule has 0 unspecified atom stereocenters. The van der Waals surface area contributed by atoms with Crippen molar-refractivity contribution in [2.45, 2.75) is 6.42 Å². The summed E-state index contributed by atoms with van der Waals surface area (Å²) in [5.41, 5.74) is 9.25. The summed E-state index contributed by atoms with van der Waals surface area (Å²) in [5.74, 6) is 0. The van der Waals surface area contributed by atoms with Crippen LogP contribution < -0.4 is 10.9 Å². The number of hydrogen-bond donors (Lipinski definition) is 0. The van der Waals surface area contributed by atoms with Crippen molar-refractivity contribution in [3.05, 3.63) is 95.6 Å². The average molecular weight is 434 g/mol. The van der Waals surface area contributed by atoms with Crippen LogP contribution in [0.25, 0.3) is 11.1 Å². The number of alkyl halides is 1. The number of rotatable bonds is 5. The second-order valence-electron chi connectivity index (χ2n) is 6.39. The van der Waals surface area contributed by atoms with Crippen molar-refractivity contribution in [1.29, 1.82) is 0 Å². The van der Waals surface area contributed by atoms with Gasteiger partial charge in [-0.15, -0.1) is 0 Å². The quantitative estimate of drug-likeness (QED) is 0.251. The first kappa shape index (κ1) is 18.1. The van der Waals surface area contributed by atoms with Gasteiger partial charge in [0.2, 0.25) is 0 Å². The second kappa shape index (κ2) is 8.57. The smallest absolute Gasteiger partial charge is 0.0889 e. The van der Waals surface area contributed by atoms with Crippen LogP contribution in [0.2, 0.25) is 0 Å². The molecule has 3 aromatic rings. The molecule has 3 aromatic carbocycles. The maximum Gasteiger partial charge on any atom is 0.139 e. The van der Waals surface area contributed by atoms with E-state index in [4.69, 9.17) is 0 Å². The molecule has 0 saturated heterocycles. The van der Waals surface area contributed by atoms with Crippen molar-refractivity contribution in [2.24, 2.45) is 0 Å². The molecule has 0 nitrogen and oxygen atoms in total. The first-order chi connectivity index (χ1) is 12.2. The largest absolute Gasteiger partial charge is 0.139 e. The highest BCUT2D eigenvalue weighted by molar-refractivity contribution is 14.1. The molecule has 0 radical (unpaired) electrons. The molecule has 3 heteroatoms. The zero-order valence-electron chi connectivity index (χ0n) is 14.8. The van der Waals surface area contributed by atoms with Crippen LogP contribution in [0.4, 0.5) is 0 Å². The Hall–Kier alpha value is -1.74. The Labute approximate surface area is 166 Å². The van der Waals surface area contributed by atoms with Gasteiger partial charge in [-0.2, -0.15) is 0 Å². The molecule has 3 rings (SSSR count). The molecule has 25 heavy (non-hydrogen) atoms. The van der Waals surface area contributed by atoms with Gasteiger partial charge in [-0.05, 0) is 34.3 Å². The van der Waals surface area contributed by atoms with Gasteiger partial charge in [-0.25, -0.2) is 0 Å². The van der Waals surface area contributed by atoms with E-state index in [0.29, 0.717) is 0 Å². The summed E-state index contributed by atoms with van der Waals surface area (Å²) in [6, 6.07) is 28.6. The molecule has 0 aliphatic carbocycles. The Morgan fingerprint density at radius 3 is 1.56 bits per heavy atom. The molecule has 0 bridgehead atoms. The zero-order chi connectivity index (χ0) is 17.6. The van der Waals surface area contributed by atoms with E-state index in [1.807, 2.05) is 0 Å². The lowest BCUT2D eigenvalue weighted by Gasteiger charge is -2.17. The van der Waals surface area contributed by atoms with E-state index < -0.39 is 0 Å². The highest BCUT2D eigenvalue weighted by Crippen LogP contribution is 2.34. The fraction of sp³-hybridized carbons (Fsp3) is 0.0909. The van der Waals surface area contributed by atoms with Crippen LogP contribution in [0, 0.1) is 0 Å². The van der Waals surface area contributed by atoms with Crippen LogP contribution in [0.15, 0.2) is 78.9 Å². The van der Waals surface area contributed by atoms with Gasteiger partial charge >= 0.3 is 0 Å². The molecule has 0 amide bonds. The van der Waals surface area contributed by atoms with Crippen molar-refractivity contribution in [3.8, 4) is 0 Å². The Morgan fingerprint density at radius 2 is 1.12 bits per heavy atom. The van der Waals surface area contributed by atoms with E-state index in [2.05, 4.69) is 117 Å². The van der Waals surface area contributed by atoms with E-state index in [1.165, 1.54) is 38.8 Å². The fourth-order valence-electron chi connectivity index (χ4n) is 3.10. The fourth-order valence-corrected chi connectivity index (χ4v) is 3.64. The van der Waals surface area contributed by atoms with Gasteiger partial charge in [0.05, 0.1) is 0 Å². The van der Waals surface area contributed by atoms with Crippen LogP contribution in [-0.2, 0) is 0 Å². The van der Waals surface area contributed by atoms with Crippen LogP contribution in [0.5, 0.6) is 0 Å². The third-order valence-corrected chi connectivity index (χ3v) is 4.99. The molecule has 0 saturated carbocycles. The van der Waals surface area contributed by atoms with Gasteiger partial charge < -0.3 is 0 Å². The number of halogens is 1. The SMILES string of the molecule is Bc1ccc(C(=C(CCI)c2ccccc2)c2ccc(B)cc2)cc1. The normalized spacial score (nSPS) is 10.4. The van der Waals surface area contributed by atoms with Crippen molar-refractivity contribution >= 4 is 60.4 Å². The molecule has 0 aromatic heterocycles. The van der Waals surface area contributed by atoms with Crippen LogP contribution in [0.1, 0.15) is 23.1 Å². The predicted octanol–water partition coefficient (Wildman–Crippen LogP) is 2.99. The topological polar surface area (TPSA) is 0 Å². The molecule has 0 N–H and O–H groups in total. The number of benzene rings is 3. The first-order valence-corrected chi connectivity index (χ1v) is 10.2. The minimum absolute atomic E-state index is 1.06. The van der Waals surface area contributed by atoms with Gasteiger partial charge in [0, 0.05) is 4.43 Å². The first-order valence-electron chi connectivity index (χ1n) is 8.67. The second-order valence-corrected chi connectivity index (χ2v) is 7.47. The monoisotopic (exact) mass is 434 g/mol. The maximum absolute atomic E-state index is 2.48. The van der Waals surface area contributed by atoms with Gasteiger partial charge in [-0.1, -0.05) is 112 Å². The summed E-state index contributed by atoms with van der Waals surface area (Å²) in [5, 5.41) is 0. The average Bonchev–Trinajstić information content (AvgIpc) is 2.65. The highest BCUT2D eigenvalue weighted by Gasteiger charge is 2.13. The predicted molar refractivity (Wildman–Crippen MR) is 125 cm³/mol. The van der Waals surface area contributed by atoms with Crippen molar-refractivity contribution < 1.29 is 0 Å². The van der Waals surface area contributed by atoms with Crippen molar-refractivity contribution in [3.63, 3.8) is 0 Å². The van der Waals surface area contributed by atoms with Gasteiger partial charge in [-0.3, -0.25) is 0 Å². The van der Waals surface area contributed by atoms with Gasteiger partial charge in [0.1, 0.15) is 15.7 Å². The summed E-state index contributed by atoms with van der Waals surface area (Å²) in [6.07, 6.45) is 1.06. The van der Waals surface area contributed by atoms with Gasteiger partial charge in [0.15, 0.2) is 0 Å². The van der Waals surface area contributed by atoms with Crippen molar-refractivity contribution in [2.75, 3.05) is 4.43 Å².